The summed E-state index contributed by atoms with van der Waals surface area (Å²) in [6.07, 6.45) is 0.383. The highest BCUT2D eigenvalue weighted by Gasteiger charge is 2.27. The molecule has 5 nitrogen and oxygen atoms in total. The summed E-state index contributed by atoms with van der Waals surface area (Å²) in [6.45, 7) is 4.49. The Labute approximate surface area is 178 Å². The molecule has 2 aromatic rings. The van der Waals surface area contributed by atoms with Gasteiger partial charge in [-0.05, 0) is 48.5 Å². The zero-order valence-electron chi connectivity index (χ0n) is 15.6. The van der Waals surface area contributed by atoms with Gasteiger partial charge < -0.3 is 19.9 Å². The van der Waals surface area contributed by atoms with Crippen LogP contribution in [-0.2, 0) is 4.79 Å². The minimum Gasteiger partial charge on any atom is -0.420 e. The van der Waals surface area contributed by atoms with Gasteiger partial charge in [-0.2, -0.15) is 0 Å². The van der Waals surface area contributed by atoms with E-state index in [1.165, 1.54) is 29.2 Å². The Hall–Kier alpha value is -2.09. The minimum atomic E-state index is -3.76. The van der Waals surface area contributed by atoms with Crippen LogP contribution in [0, 0.1) is 0 Å². The Kier molecular flexibility index (Phi) is 7.16. The number of nitrogens with one attached hydrogen (secondary N) is 2. The number of nitrogens with zero attached hydrogens (tertiary/aromatic N) is 1. The van der Waals surface area contributed by atoms with Crippen molar-refractivity contribution in [2.24, 2.45) is 0 Å². The summed E-state index contributed by atoms with van der Waals surface area (Å²) in [5.41, 5.74) is -2.08. The summed E-state index contributed by atoms with van der Waals surface area (Å²) in [7, 11) is 0. The Morgan fingerprint density at radius 3 is 2.31 bits per heavy atom. The van der Waals surface area contributed by atoms with Crippen molar-refractivity contribution in [2.75, 3.05) is 42.9 Å². The van der Waals surface area contributed by atoms with Gasteiger partial charge in [-0.25, -0.2) is 0 Å². The molecular weight excluding hydrogens is 423 g/mol. The third kappa shape index (κ3) is 7.03. The van der Waals surface area contributed by atoms with Gasteiger partial charge >= 0.3 is 5.57 Å². The molecule has 3 rings (SSSR count). The number of rotatable bonds is 7. The van der Waals surface area contributed by atoms with E-state index in [0.29, 0.717) is 12.1 Å². The number of carbonyl (C=O) groups is 1. The topological polar surface area (TPSA) is 46.0 Å². The first-order chi connectivity index (χ1) is 13.8. The van der Waals surface area contributed by atoms with Crippen LogP contribution in [0.5, 0.6) is 5.75 Å². The molecule has 0 aromatic heterocycles. The van der Waals surface area contributed by atoms with E-state index in [1.54, 1.807) is 0 Å². The van der Waals surface area contributed by atoms with Crippen molar-refractivity contribution in [1.82, 2.24) is 0 Å². The van der Waals surface area contributed by atoms with E-state index in [4.69, 9.17) is 23.2 Å². The molecule has 1 fully saturated rings. The Morgan fingerprint density at radius 1 is 1.10 bits per heavy atom. The van der Waals surface area contributed by atoms with Crippen molar-refractivity contribution in [3.63, 3.8) is 0 Å². The fraction of sp³-hybridized carbons (Fsp3) is 0.350. The normalized spacial score (nSPS) is 15.2. The lowest BCUT2D eigenvalue weighted by Gasteiger charge is -2.33. The van der Waals surface area contributed by atoms with E-state index < -0.39 is 5.57 Å². The number of carbonyl (C=O) groups excluding carboxylic acids is 1. The summed E-state index contributed by atoms with van der Waals surface area (Å²) in [4.78, 5) is 15.9. The molecule has 1 saturated heterocycles. The molecule has 0 atom stereocenters. The minimum absolute atomic E-state index is 0.0778. The fourth-order valence-electron chi connectivity index (χ4n) is 3.24. The van der Waals surface area contributed by atoms with Gasteiger partial charge in [-0.3, -0.25) is 4.79 Å². The Morgan fingerprint density at radius 2 is 1.72 bits per heavy atom. The predicted octanol–water partition coefficient (Wildman–Crippen LogP) is 3.24. The number of ether oxygens (including phenoxy) is 1. The number of amides is 1. The van der Waals surface area contributed by atoms with Gasteiger partial charge in [-0.1, -0.05) is 11.6 Å². The SMILES string of the molecule is O=C(CC[NH+]1CCN(c2ccc(Cl)cc2)CC1)Nc1ccc(OC(F)(F)Cl)cc1. The summed E-state index contributed by atoms with van der Waals surface area (Å²) in [5.74, 6) is -0.194. The highest BCUT2D eigenvalue weighted by molar-refractivity contribution is 6.30. The Bertz CT molecular complexity index is 806. The van der Waals surface area contributed by atoms with Crippen LogP contribution in [0.25, 0.3) is 0 Å². The van der Waals surface area contributed by atoms with E-state index in [2.05, 4.69) is 15.0 Å². The number of quaternary nitrogens is 1. The van der Waals surface area contributed by atoms with E-state index in [-0.39, 0.29) is 11.7 Å². The first kappa shape index (κ1) is 21.6. The number of piperazine rings is 1. The molecule has 0 saturated carbocycles. The standard InChI is InChI=1S/C20H21Cl2F2N3O2/c21-15-1-5-17(6-2-15)27-13-11-26(12-14-27)10-9-19(28)25-16-3-7-18(8-4-16)29-20(22,23)24/h1-8H,9-14H2,(H,25,28)/p+1. The van der Waals surface area contributed by atoms with Crippen LogP contribution in [0.15, 0.2) is 48.5 Å². The molecule has 156 valence electrons. The van der Waals surface area contributed by atoms with Crippen molar-refractivity contribution in [2.45, 2.75) is 12.0 Å². The van der Waals surface area contributed by atoms with Crippen LogP contribution in [0.3, 0.4) is 0 Å². The molecule has 1 aliphatic rings. The smallest absolute Gasteiger partial charge is 0.420 e. The van der Waals surface area contributed by atoms with Gasteiger partial charge in [0.05, 0.1) is 39.1 Å². The molecule has 0 unspecified atom stereocenters. The highest BCUT2D eigenvalue weighted by Crippen LogP contribution is 2.26. The van der Waals surface area contributed by atoms with Gasteiger partial charge in [0.25, 0.3) is 0 Å². The fourth-order valence-corrected chi connectivity index (χ4v) is 3.45. The molecule has 0 spiro atoms. The van der Waals surface area contributed by atoms with E-state index in [9.17, 15) is 13.6 Å². The van der Waals surface area contributed by atoms with Crippen molar-refractivity contribution in [3.8, 4) is 5.75 Å². The van der Waals surface area contributed by atoms with Crippen LogP contribution in [0.2, 0.25) is 5.02 Å². The lowest BCUT2D eigenvalue weighted by atomic mass is 10.2. The van der Waals surface area contributed by atoms with Crippen LogP contribution in [0.4, 0.5) is 20.2 Å². The third-order valence-corrected chi connectivity index (χ3v) is 5.07. The van der Waals surface area contributed by atoms with Crippen molar-refractivity contribution < 1.29 is 23.2 Å². The molecule has 2 aromatic carbocycles. The molecule has 0 radical (unpaired) electrons. The average Bonchev–Trinajstić information content (AvgIpc) is 2.68. The maximum atomic E-state index is 12.6. The quantitative estimate of drug-likeness (QED) is 0.644. The molecule has 29 heavy (non-hydrogen) atoms. The van der Waals surface area contributed by atoms with Gasteiger partial charge in [0.2, 0.25) is 5.91 Å². The second kappa shape index (κ2) is 9.61. The largest absolute Gasteiger partial charge is 0.487 e. The van der Waals surface area contributed by atoms with Crippen molar-refractivity contribution in [3.05, 3.63) is 53.6 Å². The van der Waals surface area contributed by atoms with Gasteiger partial charge in [0, 0.05) is 28.0 Å². The molecule has 0 bridgehead atoms. The molecule has 2 N–H and O–H groups in total. The van der Waals surface area contributed by atoms with E-state index in [0.717, 1.165) is 43.4 Å². The molecule has 9 heteroatoms. The van der Waals surface area contributed by atoms with Crippen LogP contribution in [-0.4, -0.2) is 44.2 Å². The number of anilines is 2. The van der Waals surface area contributed by atoms with E-state index in [1.807, 2.05) is 24.3 Å². The molecule has 1 aliphatic heterocycles. The average molecular weight is 445 g/mol. The summed E-state index contributed by atoms with van der Waals surface area (Å²) in [5, 5.41) is 3.49. The molecule has 0 aliphatic carbocycles. The Balaban J connectivity index is 1.39. The predicted molar refractivity (Wildman–Crippen MR) is 110 cm³/mol. The summed E-state index contributed by atoms with van der Waals surface area (Å²) < 4.78 is 29.4. The number of hydrogen-bond acceptors (Lipinski definition) is 3. The zero-order valence-corrected chi connectivity index (χ0v) is 17.1. The van der Waals surface area contributed by atoms with Crippen LogP contribution >= 0.6 is 23.2 Å². The maximum Gasteiger partial charge on any atom is 0.487 e. The lowest BCUT2D eigenvalue weighted by Crippen LogP contribution is -3.15. The molecular formula is C20H22Cl2F2N3O2+. The van der Waals surface area contributed by atoms with Gasteiger partial charge in [0.1, 0.15) is 5.75 Å². The third-order valence-electron chi connectivity index (χ3n) is 4.74. The van der Waals surface area contributed by atoms with Crippen molar-refractivity contribution in [1.29, 1.82) is 0 Å². The summed E-state index contributed by atoms with van der Waals surface area (Å²) in [6, 6.07) is 13.5. The van der Waals surface area contributed by atoms with E-state index >= 15 is 0 Å². The molecule has 1 amide bonds. The number of halogens is 4. The maximum absolute atomic E-state index is 12.6. The zero-order chi connectivity index (χ0) is 20.9. The lowest BCUT2D eigenvalue weighted by molar-refractivity contribution is -0.900. The monoisotopic (exact) mass is 444 g/mol. The number of hydrogen-bond donors (Lipinski definition) is 2. The number of alkyl halides is 3. The first-order valence-electron chi connectivity index (χ1n) is 9.28. The highest BCUT2D eigenvalue weighted by atomic mass is 35.5. The second-order valence-corrected chi connectivity index (χ2v) is 7.71. The van der Waals surface area contributed by atoms with Gasteiger partial charge in [-0.15, -0.1) is 8.78 Å². The number of benzene rings is 2. The first-order valence-corrected chi connectivity index (χ1v) is 10.0. The van der Waals surface area contributed by atoms with Crippen LogP contribution < -0.4 is 19.9 Å². The van der Waals surface area contributed by atoms with Crippen molar-refractivity contribution >= 4 is 40.5 Å². The summed E-state index contributed by atoms with van der Waals surface area (Å²) >= 11 is 10.7. The molecule has 1 heterocycles. The van der Waals surface area contributed by atoms with Crippen LogP contribution in [0.1, 0.15) is 6.42 Å². The second-order valence-electron chi connectivity index (χ2n) is 6.83. The van der Waals surface area contributed by atoms with Gasteiger partial charge in [0.15, 0.2) is 0 Å².